The van der Waals surface area contributed by atoms with Gasteiger partial charge in [-0.1, -0.05) is 13.3 Å². The monoisotopic (exact) mass is 270 g/mol. The standard InChI is InChI=1S/C13H19O4P/c1-3-5-10-18(15,16)12-8-6-11(7-9-12)13(14)17-4-2/h6-9H,3-5,10H2,1-2H3,(H,15,16). The molecule has 0 fully saturated rings. The molecule has 0 bridgehead atoms. The summed E-state index contributed by atoms with van der Waals surface area (Å²) in [5.41, 5.74) is 0.399. The molecule has 1 unspecified atom stereocenters. The molecule has 0 radical (unpaired) electrons. The first-order valence-electron chi connectivity index (χ1n) is 6.10. The summed E-state index contributed by atoms with van der Waals surface area (Å²) in [7, 11) is -3.28. The van der Waals surface area contributed by atoms with Crippen LogP contribution in [0.3, 0.4) is 0 Å². The molecule has 100 valence electrons. The van der Waals surface area contributed by atoms with Gasteiger partial charge in [-0.15, -0.1) is 0 Å². The Morgan fingerprint density at radius 2 is 1.89 bits per heavy atom. The van der Waals surface area contributed by atoms with Gasteiger partial charge in [0.05, 0.1) is 12.2 Å². The lowest BCUT2D eigenvalue weighted by atomic mass is 10.2. The molecule has 0 aliphatic heterocycles. The van der Waals surface area contributed by atoms with E-state index in [1.54, 1.807) is 6.92 Å². The van der Waals surface area contributed by atoms with Crippen molar-refractivity contribution in [3.05, 3.63) is 29.8 Å². The van der Waals surface area contributed by atoms with Crippen LogP contribution in [0.15, 0.2) is 24.3 Å². The fourth-order valence-electron chi connectivity index (χ4n) is 1.55. The molecule has 0 heterocycles. The van der Waals surface area contributed by atoms with Crippen LogP contribution in [0.2, 0.25) is 0 Å². The average Bonchev–Trinajstić information content (AvgIpc) is 2.37. The normalized spacial score (nSPS) is 13.9. The van der Waals surface area contributed by atoms with Crippen LogP contribution >= 0.6 is 7.37 Å². The molecule has 0 aromatic heterocycles. The quantitative estimate of drug-likeness (QED) is 0.637. The van der Waals surface area contributed by atoms with Crippen molar-refractivity contribution in [2.45, 2.75) is 26.7 Å². The third-order valence-corrected chi connectivity index (χ3v) is 4.62. The van der Waals surface area contributed by atoms with E-state index < -0.39 is 13.3 Å². The summed E-state index contributed by atoms with van der Waals surface area (Å²) >= 11 is 0. The molecule has 1 aromatic carbocycles. The van der Waals surface area contributed by atoms with E-state index in [2.05, 4.69) is 0 Å². The summed E-state index contributed by atoms with van der Waals surface area (Å²) in [6.07, 6.45) is 1.88. The van der Waals surface area contributed by atoms with Crippen molar-refractivity contribution in [1.82, 2.24) is 0 Å². The molecule has 0 amide bonds. The Labute approximate surface area is 107 Å². The molecule has 0 aliphatic carbocycles. The van der Waals surface area contributed by atoms with Gasteiger partial charge in [0.25, 0.3) is 0 Å². The number of rotatable bonds is 6. The van der Waals surface area contributed by atoms with E-state index in [-0.39, 0.29) is 6.16 Å². The number of carbonyl (C=O) groups excluding carboxylic acids is 1. The predicted octanol–water partition coefficient (Wildman–Crippen LogP) is 2.56. The lowest BCUT2D eigenvalue weighted by Crippen LogP contribution is -2.10. The van der Waals surface area contributed by atoms with Gasteiger partial charge in [0.1, 0.15) is 0 Å². The van der Waals surface area contributed by atoms with Crippen LogP contribution in [0.5, 0.6) is 0 Å². The zero-order valence-electron chi connectivity index (χ0n) is 10.8. The third kappa shape index (κ3) is 3.97. The Balaban J connectivity index is 2.82. The molecule has 0 spiro atoms. The summed E-state index contributed by atoms with van der Waals surface area (Å²) in [5, 5.41) is 0.393. The van der Waals surface area contributed by atoms with E-state index in [0.29, 0.717) is 23.9 Å². The second-order valence-corrected chi connectivity index (χ2v) is 6.41. The Morgan fingerprint density at radius 3 is 2.39 bits per heavy atom. The fourth-order valence-corrected chi connectivity index (χ4v) is 3.16. The van der Waals surface area contributed by atoms with E-state index in [1.807, 2.05) is 6.92 Å². The molecule has 1 atom stereocenters. The highest BCUT2D eigenvalue weighted by Gasteiger charge is 2.20. The molecular weight excluding hydrogens is 251 g/mol. The van der Waals surface area contributed by atoms with Crippen LogP contribution in [0.1, 0.15) is 37.0 Å². The van der Waals surface area contributed by atoms with Gasteiger partial charge in [-0.3, -0.25) is 4.57 Å². The highest BCUT2D eigenvalue weighted by Crippen LogP contribution is 2.40. The number of unbranched alkanes of at least 4 members (excludes halogenated alkanes) is 1. The molecule has 0 aliphatic rings. The average molecular weight is 270 g/mol. The van der Waals surface area contributed by atoms with Crippen LogP contribution in [-0.2, 0) is 9.30 Å². The number of esters is 1. The van der Waals surface area contributed by atoms with Crippen molar-refractivity contribution >= 4 is 18.6 Å². The Morgan fingerprint density at radius 1 is 1.28 bits per heavy atom. The van der Waals surface area contributed by atoms with Crippen molar-refractivity contribution in [3.8, 4) is 0 Å². The maximum absolute atomic E-state index is 12.0. The van der Waals surface area contributed by atoms with Crippen LogP contribution < -0.4 is 5.30 Å². The minimum absolute atomic E-state index is 0.280. The topological polar surface area (TPSA) is 63.6 Å². The molecule has 18 heavy (non-hydrogen) atoms. The molecule has 0 saturated heterocycles. The molecular formula is C13H19O4P. The summed E-state index contributed by atoms with van der Waals surface area (Å²) in [5.74, 6) is -0.412. The van der Waals surface area contributed by atoms with Crippen LogP contribution in [-0.4, -0.2) is 23.6 Å². The van der Waals surface area contributed by atoms with Crippen LogP contribution in [0, 0.1) is 0 Å². The Hall–Kier alpha value is -1.12. The molecule has 1 rings (SSSR count). The van der Waals surface area contributed by atoms with Crippen molar-refractivity contribution < 1.29 is 19.0 Å². The fraction of sp³-hybridized carbons (Fsp3) is 0.462. The number of carbonyl (C=O) groups is 1. The number of ether oxygens (including phenoxy) is 1. The van der Waals surface area contributed by atoms with Crippen LogP contribution in [0.25, 0.3) is 0 Å². The van der Waals surface area contributed by atoms with Gasteiger partial charge in [-0.2, -0.15) is 0 Å². The maximum Gasteiger partial charge on any atom is 0.338 e. The Kier molecular flexibility index (Phi) is 5.57. The third-order valence-electron chi connectivity index (χ3n) is 2.60. The van der Waals surface area contributed by atoms with Crippen molar-refractivity contribution in [1.29, 1.82) is 0 Å². The first-order valence-corrected chi connectivity index (χ1v) is 7.95. The van der Waals surface area contributed by atoms with Crippen molar-refractivity contribution in [3.63, 3.8) is 0 Å². The van der Waals surface area contributed by atoms with Gasteiger partial charge in [-0.05, 0) is 37.6 Å². The zero-order valence-corrected chi connectivity index (χ0v) is 11.7. The number of hydrogen-bond donors (Lipinski definition) is 1. The number of hydrogen-bond acceptors (Lipinski definition) is 3. The first-order chi connectivity index (χ1) is 8.51. The highest BCUT2D eigenvalue weighted by molar-refractivity contribution is 7.66. The molecule has 5 heteroatoms. The maximum atomic E-state index is 12.0. The highest BCUT2D eigenvalue weighted by atomic mass is 31.2. The molecule has 0 saturated carbocycles. The zero-order chi connectivity index (χ0) is 13.6. The summed E-state index contributed by atoms with van der Waals surface area (Å²) in [6, 6.07) is 6.12. The second-order valence-electron chi connectivity index (χ2n) is 4.05. The van der Waals surface area contributed by atoms with E-state index in [4.69, 9.17) is 4.74 Å². The van der Waals surface area contributed by atoms with Gasteiger partial charge in [-0.25, -0.2) is 4.79 Å². The summed E-state index contributed by atoms with van der Waals surface area (Å²) in [6.45, 7) is 4.03. The SMILES string of the molecule is CCCCP(=O)(O)c1ccc(C(=O)OCC)cc1. The second kappa shape index (κ2) is 6.72. The molecule has 1 aromatic rings. The smallest absolute Gasteiger partial charge is 0.338 e. The van der Waals surface area contributed by atoms with Gasteiger partial charge < -0.3 is 9.63 Å². The predicted molar refractivity (Wildman–Crippen MR) is 71.6 cm³/mol. The van der Waals surface area contributed by atoms with Crippen molar-refractivity contribution in [2.24, 2.45) is 0 Å². The van der Waals surface area contributed by atoms with E-state index >= 15 is 0 Å². The van der Waals surface area contributed by atoms with Gasteiger partial charge in [0.15, 0.2) is 0 Å². The summed E-state index contributed by atoms with van der Waals surface area (Å²) < 4.78 is 16.9. The van der Waals surface area contributed by atoms with Crippen LogP contribution in [0.4, 0.5) is 0 Å². The van der Waals surface area contributed by atoms with Gasteiger partial charge in [0.2, 0.25) is 7.37 Å². The van der Waals surface area contributed by atoms with E-state index in [1.165, 1.54) is 24.3 Å². The van der Waals surface area contributed by atoms with E-state index in [9.17, 15) is 14.3 Å². The molecule has 1 N–H and O–H groups in total. The largest absolute Gasteiger partial charge is 0.462 e. The van der Waals surface area contributed by atoms with E-state index in [0.717, 1.165) is 6.42 Å². The lowest BCUT2D eigenvalue weighted by molar-refractivity contribution is 0.0526. The minimum atomic E-state index is -3.28. The molecule has 4 nitrogen and oxygen atoms in total. The van der Waals surface area contributed by atoms with Gasteiger partial charge in [0, 0.05) is 11.5 Å². The van der Waals surface area contributed by atoms with Crippen molar-refractivity contribution in [2.75, 3.05) is 12.8 Å². The number of benzene rings is 1. The minimum Gasteiger partial charge on any atom is -0.462 e. The Bertz CT molecular complexity index is 439. The lowest BCUT2D eigenvalue weighted by Gasteiger charge is -2.11. The summed E-state index contributed by atoms with van der Waals surface area (Å²) in [4.78, 5) is 21.3. The van der Waals surface area contributed by atoms with Gasteiger partial charge >= 0.3 is 5.97 Å². The first kappa shape index (κ1) is 14.9.